The van der Waals surface area contributed by atoms with Gasteiger partial charge >= 0.3 is 0 Å². The van der Waals surface area contributed by atoms with E-state index < -0.39 is 0 Å². The lowest BCUT2D eigenvalue weighted by atomic mass is 9.81. The molecule has 0 spiro atoms. The number of hydrogen-bond acceptors (Lipinski definition) is 2. The normalized spacial score (nSPS) is 24.8. The summed E-state index contributed by atoms with van der Waals surface area (Å²) in [5.74, 6) is 0.217. The molecular weight excluding hydrogens is 215 g/mol. The zero-order chi connectivity index (χ0) is 12.1. The maximum absolute atomic E-state index is 13.7. The summed E-state index contributed by atoms with van der Waals surface area (Å²) in [6.07, 6.45) is 8.76. The van der Waals surface area contributed by atoms with Gasteiger partial charge in [0.25, 0.3) is 0 Å². The van der Waals surface area contributed by atoms with Crippen molar-refractivity contribution in [1.29, 1.82) is 0 Å². The van der Waals surface area contributed by atoms with Crippen molar-refractivity contribution in [1.82, 2.24) is 10.3 Å². The molecule has 94 valence electrons. The molecule has 1 aromatic rings. The maximum atomic E-state index is 13.7. The highest BCUT2D eigenvalue weighted by Crippen LogP contribution is 2.33. The molecule has 17 heavy (non-hydrogen) atoms. The number of hydrogen-bond donors (Lipinski definition) is 1. The Hall–Kier alpha value is -0.960. The van der Waals surface area contributed by atoms with Crippen LogP contribution >= 0.6 is 0 Å². The van der Waals surface area contributed by atoms with Crippen molar-refractivity contribution in [3.63, 3.8) is 0 Å². The first-order valence-corrected chi connectivity index (χ1v) is 6.64. The second-order valence-electron chi connectivity index (χ2n) is 4.91. The molecule has 0 saturated heterocycles. The fourth-order valence-electron chi connectivity index (χ4n) is 2.72. The molecule has 2 nitrogen and oxygen atoms in total. The van der Waals surface area contributed by atoms with Gasteiger partial charge in [-0.05, 0) is 49.8 Å². The lowest BCUT2D eigenvalue weighted by Gasteiger charge is -2.30. The number of halogens is 1. The van der Waals surface area contributed by atoms with Crippen LogP contribution < -0.4 is 5.32 Å². The van der Waals surface area contributed by atoms with Crippen molar-refractivity contribution >= 4 is 0 Å². The van der Waals surface area contributed by atoms with Crippen LogP contribution in [0.1, 0.15) is 50.5 Å². The molecule has 1 saturated carbocycles. The molecule has 1 N–H and O–H groups in total. The Kier molecular flexibility index (Phi) is 4.49. The second-order valence-corrected chi connectivity index (χ2v) is 4.91. The van der Waals surface area contributed by atoms with E-state index in [4.69, 9.17) is 0 Å². The van der Waals surface area contributed by atoms with Crippen LogP contribution in [0.3, 0.4) is 0 Å². The zero-order valence-corrected chi connectivity index (χ0v) is 10.5. The molecule has 3 heteroatoms. The van der Waals surface area contributed by atoms with Crippen LogP contribution in [0, 0.1) is 5.82 Å². The molecule has 0 radical (unpaired) electrons. The number of aromatic nitrogens is 1. The third-order valence-electron chi connectivity index (χ3n) is 3.60. The van der Waals surface area contributed by atoms with Gasteiger partial charge in [-0.1, -0.05) is 13.3 Å². The average Bonchev–Trinajstić information content (AvgIpc) is 2.37. The van der Waals surface area contributed by atoms with Gasteiger partial charge in [0.1, 0.15) is 5.82 Å². The zero-order valence-electron chi connectivity index (χ0n) is 10.5. The number of nitrogens with one attached hydrogen (secondary N) is 1. The van der Waals surface area contributed by atoms with Gasteiger partial charge in [0.2, 0.25) is 0 Å². The summed E-state index contributed by atoms with van der Waals surface area (Å²) in [7, 11) is 0. The number of nitrogens with zero attached hydrogens (tertiary/aromatic N) is 1. The highest BCUT2D eigenvalue weighted by Gasteiger charge is 2.24. The van der Waals surface area contributed by atoms with Gasteiger partial charge in [-0.15, -0.1) is 0 Å². The van der Waals surface area contributed by atoms with E-state index in [0.29, 0.717) is 12.0 Å². The van der Waals surface area contributed by atoms with Crippen molar-refractivity contribution in [2.45, 2.75) is 51.0 Å². The molecule has 2 unspecified atom stereocenters. The van der Waals surface area contributed by atoms with Crippen LogP contribution in [0.2, 0.25) is 0 Å². The summed E-state index contributed by atoms with van der Waals surface area (Å²) in [6, 6.07) is 2.39. The quantitative estimate of drug-likeness (QED) is 0.868. The fraction of sp³-hybridized carbons (Fsp3) is 0.643. The van der Waals surface area contributed by atoms with Gasteiger partial charge in [0, 0.05) is 12.2 Å². The predicted octanol–water partition coefficient (Wildman–Crippen LogP) is 3.25. The molecule has 0 bridgehead atoms. The molecule has 1 aliphatic carbocycles. The van der Waals surface area contributed by atoms with Crippen molar-refractivity contribution < 1.29 is 4.39 Å². The average molecular weight is 236 g/mol. The van der Waals surface area contributed by atoms with Crippen LogP contribution in [-0.4, -0.2) is 17.6 Å². The highest BCUT2D eigenvalue weighted by atomic mass is 19.1. The summed E-state index contributed by atoms with van der Waals surface area (Å²) in [6.45, 7) is 3.24. The molecule has 1 aliphatic rings. The highest BCUT2D eigenvalue weighted by molar-refractivity contribution is 5.19. The molecule has 1 fully saturated rings. The first-order chi connectivity index (χ1) is 8.31. The Morgan fingerprint density at radius 3 is 3.12 bits per heavy atom. The van der Waals surface area contributed by atoms with E-state index in [9.17, 15) is 4.39 Å². The van der Waals surface area contributed by atoms with Crippen molar-refractivity contribution in [2.75, 3.05) is 6.54 Å². The molecule has 1 aromatic heterocycles. The standard InChI is InChI=1S/C14H21FN2/c1-2-7-17-12-5-3-4-11(9-12)13-6-8-16-10-14(13)15/h6,8,10-12,17H,2-5,7,9H2,1H3. The second kappa shape index (κ2) is 6.10. The van der Waals surface area contributed by atoms with Crippen LogP contribution in [0.15, 0.2) is 18.5 Å². The Bertz CT molecular complexity index is 354. The maximum Gasteiger partial charge on any atom is 0.144 e. The summed E-state index contributed by atoms with van der Waals surface area (Å²) in [4.78, 5) is 3.82. The van der Waals surface area contributed by atoms with E-state index in [2.05, 4.69) is 17.2 Å². The Morgan fingerprint density at radius 2 is 2.35 bits per heavy atom. The van der Waals surface area contributed by atoms with E-state index in [1.165, 1.54) is 19.0 Å². The molecule has 2 rings (SSSR count). The van der Waals surface area contributed by atoms with E-state index in [1.54, 1.807) is 6.20 Å². The van der Waals surface area contributed by atoms with Crippen LogP contribution in [-0.2, 0) is 0 Å². The van der Waals surface area contributed by atoms with Crippen LogP contribution in [0.5, 0.6) is 0 Å². The minimum Gasteiger partial charge on any atom is -0.314 e. The lowest BCUT2D eigenvalue weighted by Crippen LogP contribution is -2.34. The topological polar surface area (TPSA) is 24.9 Å². The van der Waals surface area contributed by atoms with Gasteiger partial charge in [0.05, 0.1) is 6.20 Å². The largest absolute Gasteiger partial charge is 0.314 e. The van der Waals surface area contributed by atoms with Crippen LogP contribution in [0.25, 0.3) is 0 Å². The van der Waals surface area contributed by atoms with E-state index >= 15 is 0 Å². The molecule has 0 aliphatic heterocycles. The SMILES string of the molecule is CCCNC1CCCC(c2ccncc2F)C1. The third kappa shape index (κ3) is 3.25. The monoisotopic (exact) mass is 236 g/mol. The molecule has 1 heterocycles. The van der Waals surface area contributed by atoms with E-state index in [1.807, 2.05) is 6.07 Å². The first-order valence-electron chi connectivity index (χ1n) is 6.64. The number of pyridine rings is 1. The summed E-state index contributed by atoms with van der Waals surface area (Å²) < 4.78 is 13.7. The van der Waals surface area contributed by atoms with Crippen LogP contribution in [0.4, 0.5) is 4.39 Å². The summed E-state index contributed by atoms with van der Waals surface area (Å²) in [5, 5.41) is 3.55. The third-order valence-corrected chi connectivity index (χ3v) is 3.60. The summed E-state index contributed by atoms with van der Waals surface area (Å²) in [5.41, 5.74) is 0.850. The molecule has 0 aromatic carbocycles. The first kappa shape index (κ1) is 12.5. The molecule has 2 atom stereocenters. The minimum absolute atomic E-state index is 0.145. The van der Waals surface area contributed by atoms with Gasteiger partial charge in [-0.2, -0.15) is 0 Å². The Morgan fingerprint density at radius 1 is 1.47 bits per heavy atom. The van der Waals surface area contributed by atoms with Gasteiger partial charge in [-0.25, -0.2) is 4.39 Å². The lowest BCUT2D eigenvalue weighted by molar-refractivity contribution is 0.335. The smallest absolute Gasteiger partial charge is 0.144 e. The Labute approximate surface area is 103 Å². The van der Waals surface area contributed by atoms with E-state index in [-0.39, 0.29) is 5.82 Å². The molecular formula is C14H21FN2. The summed E-state index contributed by atoms with van der Waals surface area (Å²) >= 11 is 0. The minimum atomic E-state index is -0.145. The van der Waals surface area contributed by atoms with Gasteiger partial charge < -0.3 is 5.32 Å². The van der Waals surface area contributed by atoms with Crippen molar-refractivity contribution in [3.05, 3.63) is 29.8 Å². The predicted molar refractivity (Wildman–Crippen MR) is 67.5 cm³/mol. The van der Waals surface area contributed by atoms with Gasteiger partial charge in [0.15, 0.2) is 0 Å². The van der Waals surface area contributed by atoms with Gasteiger partial charge in [-0.3, -0.25) is 4.98 Å². The van der Waals surface area contributed by atoms with Crippen molar-refractivity contribution in [2.24, 2.45) is 0 Å². The fourth-order valence-corrected chi connectivity index (χ4v) is 2.72. The van der Waals surface area contributed by atoms with E-state index in [0.717, 1.165) is 31.4 Å². The van der Waals surface area contributed by atoms with Crippen molar-refractivity contribution in [3.8, 4) is 0 Å². The molecule has 0 amide bonds. The number of rotatable bonds is 4. The Balaban J connectivity index is 1.99.